The molecule has 2 heterocycles. The van der Waals surface area contributed by atoms with Crippen molar-refractivity contribution in [2.75, 3.05) is 6.54 Å². The lowest BCUT2D eigenvalue weighted by Crippen LogP contribution is -2.25. The summed E-state index contributed by atoms with van der Waals surface area (Å²) in [6.45, 7) is 8.06. The fourth-order valence-corrected chi connectivity index (χ4v) is 2.16. The number of hydrogen-bond donors (Lipinski definition) is 1. The average molecular weight is 259 g/mol. The molecule has 0 saturated heterocycles. The molecule has 0 aromatic carbocycles. The van der Waals surface area contributed by atoms with E-state index in [0.717, 1.165) is 30.9 Å². The van der Waals surface area contributed by atoms with E-state index in [0.29, 0.717) is 0 Å². The number of pyridine rings is 1. The predicted molar refractivity (Wildman–Crippen MR) is 74.8 cm³/mol. The van der Waals surface area contributed by atoms with Crippen molar-refractivity contribution >= 4 is 0 Å². The Morgan fingerprint density at radius 3 is 2.89 bits per heavy atom. The van der Waals surface area contributed by atoms with E-state index in [1.165, 1.54) is 5.56 Å². The van der Waals surface area contributed by atoms with Crippen LogP contribution in [0.2, 0.25) is 0 Å². The van der Waals surface area contributed by atoms with Gasteiger partial charge in [0.1, 0.15) is 0 Å². The lowest BCUT2D eigenvalue weighted by Gasteiger charge is -2.18. The van der Waals surface area contributed by atoms with Crippen molar-refractivity contribution in [2.45, 2.75) is 39.8 Å². The molecule has 0 radical (unpaired) electrons. The molecule has 19 heavy (non-hydrogen) atoms. The molecule has 0 amide bonds. The molecule has 0 fully saturated rings. The normalized spacial score (nSPS) is 12.6. The molecular formula is C14H21N5. The fourth-order valence-electron chi connectivity index (χ4n) is 2.16. The van der Waals surface area contributed by atoms with Crippen LogP contribution in [-0.4, -0.2) is 26.5 Å². The van der Waals surface area contributed by atoms with Gasteiger partial charge in [0.05, 0.1) is 23.6 Å². The Morgan fingerprint density at radius 1 is 1.37 bits per heavy atom. The van der Waals surface area contributed by atoms with Gasteiger partial charge >= 0.3 is 0 Å². The van der Waals surface area contributed by atoms with Crippen molar-refractivity contribution in [3.8, 4) is 0 Å². The summed E-state index contributed by atoms with van der Waals surface area (Å²) in [4.78, 5) is 4.48. The molecule has 102 valence electrons. The molecule has 0 saturated carbocycles. The Morgan fingerprint density at radius 2 is 2.21 bits per heavy atom. The minimum absolute atomic E-state index is 0.0476. The zero-order valence-corrected chi connectivity index (χ0v) is 11.8. The first kappa shape index (κ1) is 13.7. The van der Waals surface area contributed by atoms with E-state index >= 15 is 0 Å². The molecule has 1 unspecified atom stereocenters. The smallest absolute Gasteiger partial charge is 0.0938 e. The molecule has 2 aromatic heterocycles. The Kier molecular flexibility index (Phi) is 4.63. The second-order valence-corrected chi connectivity index (χ2v) is 4.63. The summed E-state index contributed by atoms with van der Waals surface area (Å²) in [5.41, 5.74) is 3.30. The van der Waals surface area contributed by atoms with Crippen molar-refractivity contribution < 1.29 is 0 Å². The Bertz CT molecular complexity index is 520. The summed E-state index contributed by atoms with van der Waals surface area (Å²) in [6, 6.07) is 4.16. The van der Waals surface area contributed by atoms with Crippen LogP contribution < -0.4 is 5.32 Å². The fraction of sp³-hybridized carbons (Fsp3) is 0.500. The van der Waals surface area contributed by atoms with Gasteiger partial charge in [-0.3, -0.25) is 4.98 Å². The predicted octanol–water partition coefficient (Wildman–Crippen LogP) is 2.09. The first-order valence-electron chi connectivity index (χ1n) is 6.80. The molecule has 0 aliphatic rings. The van der Waals surface area contributed by atoms with Crippen LogP contribution in [0, 0.1) is 6.92 Å². The Labute approximate surface area is 114 Å². The Hall–Kier alpha value is -1.75. The summed E-state index contributed by atoms with van der Waals surface area (Å²) < 4.78 is 1.96. The van der Waals surface area contributed by atoms with E-state index in [9.17, 15) is 0 Å². The molecule has 1 atom stereocenters. The van der Waals surface area contributed by atoms with Gasteiger partial charge in [-0.2, -0.15) is 0 Å². The van der Waals surface area contributed by atoms with Gasteiger partial charge in [0.25, 0.3) is 0 Å². The maximum Gasteiger partial charge on any atom is 0.0938 e. The summed E-state index contributed by atoms with van der Waals surface area (Å²) in [5.74, 6) is 0. The zero-order valence-electron chi connectivity index (χ0n) is 11.8. The monoisotopic (exact) mass is 259 g/mol. The topological polar surface area (TPSA) is 55.6 Å². The second kappa shape index (κ2) is 6.43. The molecule has 2 aromatic rings. The standard InChI is InChI=1S/C14H21N5/c1-4-8-19-13(10-17-18-19)14(15-5-2)12-9-11(3)6-7-16-12/h6-7,9-10,14-15H,4-5,8H2,1-3H3. The van der Waals surface area contributed by atoms with Crippen LogP contribution in [0.15, 0.2) is 24.5 Å². The first-order chi connectivity index (χ1) is 9.26. The van der Waals surface area contributed by atoms with Crippen LogP contribution in [0.1, 0.15) is 43.3 Å². The number of nitrogens with one attached hydrogen (secondary N) is 1. The number of aromatic nitrogens is 4. The highest BCUT2D eigenvalue weighted by Crippen LogP contribution is 2.20. The second-order valence-electron chi connectivity index (χ2n) is 4.63. The van der Waals surface area contributed by atoms with Gasteiger partial charge in [0.2, 0.25) is 0 Å². The number of nitrogens with zero attached hydrogens (tertiary/aromatic N) is 4. The molecule has 1 N–H and O–H groups in total. The largest absolute Gasteiger partial charge is 0.304 e. The van der Waals surface area contributed by atoms with E-state index in [-0.39, 0.29) is 6.04 Å². The molecule has 5 nitrogen and oxygen atoms in total. The summed E-state index contributed by atoms with van der Waals surface area (Å²) in [5, 5.41) is 11.7. The van der Waals surface area contributed by atoms with Crippen molar-refractivity contribution in [3.63, 3.8) is 0 Å². The SMILES string of the molecule is CCCn1nncc1C(NCC)c1cc(C)ccn1. The minimum atomic E-state index is 0.0476. The maximum atomic E-state index is 4.48. The number of hydrogen-bond acceptors (Lipinski definition) is 4. The molecular weight excluding hydrogens is 238 g/mol. The van der Waals surface area contributed by atoms with Crippen LogP contribution in [0.5, 0.6) is 0 Å². The van der Waals surface area contributed by atoms with E-state index in [4.69, 9.17) is 0 Å². The lowest BCUT2D eigenvalue weighted by atomic mass is 10.1. The number of aryl methyl sites for hydroxylation is 2. The summed E-state index contributed by atoms with van der Waals surface area (Å²) in [6.07, 6.45) is 4.71. The van der Waals surface area contributed by atoms with Gasteiger partial charge in [-0.1, -0.05) is 19.1 Å². The first-order valence-corrected chi connectivity index (χ1v) is 6.80. The van der Waals surface area contributed by atoms with Crippen molar-refractivity contribution in [1.82, 2.24) is 25.3 Å². The van der Waals surface area contributed by atoms with Crippen LogP contribution >= 0.6 is 0 Å². The van der Waals surface area contributed by atoms with Crippen LogP contribution in [-0.2, 0) is 6.54 Å². The van der Waals surface area contributed by atoms with E-state index in [1.807, 2.05) is 23.1 Å². The lowest BCUT2D eigenvalue weighted by molar-refractivity contribution is 0.506. The highest BCUT2D eigenvalue weighted by atomic mass is 15.4. The molecule has 2 rings (SSSR count). The van der Waals surface area contributed by atoms with Gasteiger partial charge in [-0.05, 0) is 37.6 Å². The van der Waals surface area contributed by atoms with Gasteiger partial charge < -0.3 is 5.32 Å². The molecule has 0 aliphatic carbocycles. The maximum absolute atomic E-state index is 4.48. The van der Waals surface area contributed by atoms with Crippen molar-refractivity contribution in [2.24, 2.45) is 0 Å². The summed E-state index contributed by atoms with van der Waals surface area (Å²) >= 11 is 0. The van der Waals surface area contributed by atoms with Gasteiger partial charge in [0, 0.05) is 12.7 Å². The third-order valence-corrected chi connectivity index (χ3v) is 3.02. The zero-order chi connectivity index (χ0) is 13.7. The highest BCUT2D eigenvalue weighted by Gasteiger charge is 2.19. The van der Waals surface area contributed by atoms with Gasteiger partial charge in [0.15, 0.2) is 0 Å². The average Bonchev–Trinajstić information content (AvgIpc) is 2.84. The highest BCUT2D eigenvalue weighted by molar-refractivity contribution is 5.24. The quantitative estimate of drug-likeness (QED) is 0.863. The third kappa shape index (κ3) is 3.17. The van der Waals surface area contributed by atoms with E-state index in [1.54, 1.807) is 0 Å². The van der Waals surface area contributed by atoms with E-state index in [2.05, 4.69) is 47.5 Å². The van der Waals surface area contributed by atoms with Crippen LogP contribution in [0.4, 0.5) is 0 Å². The van der Waals surface area contributed by atoms with Crippen LogP contribution in [0.25, 0.3) is 0 Å². The molecule has 0 bridgehead atoms. The summed E-state index contributed by atoms with van der Waals surface area (Å²) in [7, 11) is 0. The van der Waals surface area contributed by atoms with Gasteiger partial charge in [-0.15, -0.1) is 5.10 Å². The van der Waals surface area contributed by atoms with Crippen molar-refractivity contribution in [1.29, 1.82) is 0 Å². The molecule has 5 heteroatoms. The minimum Gasteiger partial charge on any atom is -0.304 e. The van der Waals surface area contributed by atoms with Crippen LogP contribution in [0.3, 0.4) is 0 Å². The molecule has 0 spiro atoms. The molecule has 0 aliphatic heterocycles. The van der Waals surface area contributed by atoms with Crippen molar-refractivity contribution in [3.05, 3.63) is 41.5 Å². The van der Waals surface area contributed by atoms with Gasteiger partial charge in [-0.25, -0.2) is 4.68 Å². The number of rotatable bonds is 6. The third-order valence-electron chi connectivity index (χ3n) is 3.02. The van der Waals surface area contributed by atoms with E-state index < -0.39 is 0 Å². The Balaban J connectivity index is 2.36.